The van der Waals surface area contributed by atoms with Crippen LogP contribution in [0.4, 0.5) is 0 Å². The summed E-state index contributed by atoms with van der Waals surface area (Å²) < 4.78 is 0. The number of phenolic OH excluding ortho intramolecular Hbond substituents is 1. The van der Waals surface area contributed by atoms with E-state index in [9.17, 15) is 34.8 Å². The Labute approximate surface area is 200 Å². The lowest BCUT2D eigenvalue weighted by molar-refractivity contribution is -0.148. The zero-order valence-electron chi connectivity index (χ0n) is 19.7. The van der Waals surface area contributed by atoms with Gasteiger partial charge in [0.05, 0.1) is 17.3 Å². The fourth-order valence-electron chi connectivity index (χ4n) is 5.78. The number of phenols is 1. The molecule has 186 valence electrons. The highest BCUT2D eigenvalue weighted by Crippen LogP contribution is 2.52. The van der Waals surface area contributed by atoms with Gasteiger partial charge in [-0.2, -0.15) is 0 Å². The molecule has 6 N–H and O–H groups in total. The number of aliphatic hydroxyl groups excluding tert-OH is 2. The first-order valence-corrected chi connectivity index (χ1v) is 11.0. The van der Waals surface area contributed by atoms with Gasteiger partial charge in [-0.1, -0.05) is 5.16 Å². The molecule has 0 fully saturated rings. The number of oxime groups is 1. The summed E-state index contributed by atoms with van der Waals surface area (Å²) in [4.78, 5) is 45.2. The number of carbonyl (C=O) groups excluding carboxylic acids is 3. The maximum atomic E-state index is 13.6. The first-order chi connectivity index (χ1) is 16.4. The largest absolute Gasteiger partial charge is 0.510 e. The van der Waals surface area contributed by atoms with Crippen LogP contribution in [0.1, 0.15) is 34.8 Å². The Morgan fingerprint density at radius 3 is 2.46 bits per heavy atom. The summed E-state index contributed by atoms with van der Waals surface area (Å²) in [5, 5.41) is 48.1. The number of allylic oxidation sites excluding steroid dienone is 1. The number of hydrogen-bond donors (Lipinski definition) is 5. The highest BCUT2D eigenvalue weighted by molar-refractivity contribution is 6.25. The summed E-state index contributed by atoms with van der Waals surface area (Å²) >= 11 is 0. The van der Waals surface area contributed by atoms with E-state index in [1.165, 1.54) is 18.1 Å². The number of likely N-dealkylation sites (N-methyl/N-ethyl adjacent to an activating group) is 1. The van der Waals surface area contributed by atoms with E-state index in [0.717, 1.165) is 0 Å². The van der Waals surface area contributed by atoms with E-state index < -0.39 is 58.0 Å². The normalized spacial score (nSPS) is 28.6. The maximum absolute atomic E-state index is 13.6. The van der Waals surface area contributed by atoms with Gasteiger partial charge in [-0.05, 0) is 57.5 Å². The van der Waals surface area contributed by atoms with Crippen molar-refractivity contribution in [2.75, 3.05) is 21.2 Å². The van der Waals surface area contributed by atoms with Crippen LogP contribution < -0.4 is 5.73 Å². The number of benzene rings is 1. The molecule has 0 heterocycles. The number of ketones is 2. The molecule has 0 radical (unpaired) electrons. The number of aromatic hydroxyl groups is 1. The van der Waals surface area contributed by atoms with Crippen molar-refractivity contribution >= 4 is 23.2 Å². The molecule has 3 aliphatic carbocycles. The molecule has 1 aromatic rings. The van der Waals surface area contributed by atoms with Crippen molar-refractivity contribution in [2.45, 2.75) is 31.4 Å². The van der Waals surface area contributed by atoms with E-state index in [-0.39, 0.29) is 29.7 Å². The Kier molecular flexibility index (Phi) is 5.73. The summed E-state index contributed by atoms with van der Waals surface area (Å²) in [6.07, 6.45) is 0.191. The second-order valence-corrected chi connectivity index (χ2v) is 9.31. The molecule has 0 aliphatic heterocycles. The van der Waals surface area contributed by atoms with E-state index in [4.69, 9.17) is 10.6 Å². The minimum Gasteiger partial charge on any atom is -0.510 e. The molecule has 4 atom stereocenters. The molecule has 0 spiro atoms. The average Bonchev–Trinajstić information content (AvgIpc) is 2.76. The standard InChI is InChI=1S/C24H27N3O8/c1-9(26-35-4)11-5-6-14(28)16-12(11)7-10-8-13-18(27(2)3)20(30)17(23(25)33)22(32)24(13,34)21(31)15(10)19(16)29/h5-6,10,13,18,28,30-31,34H,7-8H2,1-4H3,(H2,25,33)/b26-9-/t10-,13+,18?,24+/m1/s1. The predicted octanol–water partition coefficient (Wildman–Crippen LogP) is 0.491. The number of hydrogen-bond acceptors (Lipinski definition) is 10. The monoisotopic (exact) mass is 485 g/mol. The molecular weight excluding hydrogens is 458 g/mol. The minimum absolute atomic E-state index is 0.0152. The lowest BCUT2D eigenvalue weighted by Crippen LogP contribution is -2.63. The smallest absolute Gasteiger partial charge is 0.255 e. The molecule has 0 saturated heterocycles. The lowest BCUT2D eigenvalue weighted by atomic mass is 9.58. The molecule has 4 rings (SSSR count). The minimum atomic E-state index is -2.66. The average molecular weight is 485 g/mol. The summed E-state index contributed by atoms with van der Waals surface area (Å²) in [6.45, 7) is 1.68. The predicted molar refractivity (Wildman–Crippen MR) is 123 cm³/mol. The van der Waals surface area contributed by atoms with Crippen molar-refractivity contribution in [3.63, 3.8) is 0 Å². The van der Waals surface area contributed by atoms with Crippen molar-refractivity contribution in [3.05, 3.63) is 51.5 Å². The highest BCUT2D eigenvalue weighted by Gasteiger charge is 2.63. The van der Waals surface area contributed by atoms with Gasteiger partial charge in [-0.3, -0.25) is 19.3 Å². The third-order valence-electron chi connectivity index (χ3n) is 7.22. The number of Topliss-reactive ketones (excluding diaryl/α,β-unsaturated/α-hetero) is 2. The topological polar surface area (TPSA) is 183 Å². The first kappa shape index (κ1) is 24.4. The molecule has 1 unspecified atom stereocenters. The molecule has 1 amide bonds. The van der Waals surface area contributed by atoms with Crippen LogP contribution in [0.3, 0.4) is 0 Å². The van der Waals surface area contributed by atoms with Crippen molar-refractivity contribution < 1.29 is 39.6 Å². The fourth-order valence-corrected chi connectivity index (χ4v) is 5.78. The highest BCUT2D eigenvalue weighted by atomic mass is 16.6. The van der Waals surface area contributed by atoms with E-state index in [1.807, 2.05) is 0 Å². The molecule has 0 saturated carbocycles. The quantitative estimate of drug-likeness (QED) is 0.230. The Hall–Kier alpha value is -3.70. The van der Waals surface area contributed by atoms with Crippen LogP contribution in [0, 0.1) is 11.8 Å². The van der Waals surface area contributed by atoms with Crippen LogP contribution in [0.5, 0.6) is 5.75 Å². The van der Waals surface area contributed by atoms with Gasteiger partial charge in [0.25, 0.3) is 5.91 Å². The maximum Gasteiger partial charge on any atom is 0.255 e. The van der Waals surface area contributed by atoms with Gasteiger partial charge in [-0.25, -0.2) is 0 Å². The Bertz CT molecular complexity index is 1260. The van der Waals surface area contributed by atoms with Crippen molar-refractivity contribution in [1.82, 2.24) is 4.90 Å². The summed E-state index contributed by atoms with van der Waals surface area (Å²) in [5.74, 6) is -6.86. The number of primary amides is 1. The number of nitrogens with zero attached hydrogens (tertiary/aromatic N) is 2. The van der Waals surface area contributed by atoms with E-state index in [2.05, 4.69) is 5.16 Å². The van der Waals surface area contributed by atoms with Gasteiger partial charge in [0.1, 0.15) is 30.0 Å². The zero-order chi connectivity index (χ0) is 26.0. The molecule has 1 aromatic carbocycles. The Morgan fingerprint density at radius 1 is 1.23 bits per heavy atom. The second kappa shape index (κ2) is 8.21. The first-order valence-electron chi connectivity index (χ1n) is 11.0. The molecule has 3 aliphatic rings. The van der Waals surface area contributed by atoms with Crippen LogP contribution in [-0.4, -0.2) is 81.4 Å². The van der Waals surface area contributed by atoms with Crippen molar-refractivity contribution in [3.8, 4) is 5.75 Å². The van der Waals surface area contributed by atoms with Crippen LogP contribution in [0.25, 0.3) is 0 Å². The molecule has 35 heavy (non-hydrogen) atoms. The van der Waals surface area contributed by atoms with Crippen LogP contribution in [0.15, 0.2) is 40.0 Å². The van der Waals surface area contributed by atoms with Gasteiger partial charge in [0.2, 0.25) is 5.78 Å². The van der Waals surface area contributed by atoms with Gasteiger partial charge >= 0.3 is 0 Å². The van der Waals surface area contributed by atoms with E-state index >= 15 is 0 Å². The Morgan fingerprint density at radius 2 is 1.89 bits per heavy atom. The molecule has 0 aromatic heterocycles. The Balaban J connectivity index is 1.97. The summed E-state index contributed by atoms with van der Waals surface area (Å²) in [6, 6.07) is 1.88. The lowest BCUT2D eigenvalue weighted by Gasteiger charge is -2.50. The van der Waals surface area contributed by atoms with Crippen LogP contribution in [-0.2, 0) is 20.8 Å². The van der Waals surface area contributed by atoms with Gasteiger partial charge in [0.15, 0.2) is 11.4 Å². The van der Waals surface area contributed by atoms with Crippen LogP contribution >= 0.6 is 0 Å². The van der Waals surface area contributed by atoms with Gasteiger partial charge < -0.3 is 31.0 Å². The third kappa shape index (κ3) is 3.26. The zero-order valence-corrected chi connectivity index (χ0v) is 19.7. The van der Waals surface area contributed by atoms with Gasteiger partial charge in [0, 0.05) is 17.1 Å². The number of nitrogens with two attached hydrogens (primary N) is 1. The molecule has 11 heteroatoms. The number of aliphatic hydroxyl groups is 3. The fraction of sp³-hybridized carbons (Fsp3) is 0.417. The van der Waals surface area contributed by atoms with Crippen molar-refractivity contribution in [1.29, 1.82) is 0 Å². The SMILES string of the molecule is CO/N=C(/C)c1ccc(O)c2c1C[C@@H]1C[C@H]3C(N(C)C)C(O)=C(C(N)=O)C(=O)[C@@]3(O)C(O)=C1C2=O. The summed E-state index contributed by atoms with van der Waals surface area (Å²) in [5.41, 5.74) is 3.05. The van der Waals surface area contributed by atoms with E-state index in [1.54, 1.807) is 27.1 Å². The van der Waals surface area contributed by atoms with Gasteiger partial charge in [-0.15, -0.1) is 0 Å². The third-order valence-corrected chi connectivity index (χ3v) is 7.22. The number of amides is 1. The molecule has 0 bridgehead atoms. The molecular formula is C24H27N3O8. The van der Waals surface area contributed by atoms with E-state index in [0.29, 0.717) is 16.8 Å². The second-order valence-electron chi connectivity index (χ2n) is 9.31. The number of fused-ring (bicyclic) bond motifs is 3. The number of rotatable bonds is 4. The summed E-state index contributed by atoms with van der Waals surface area (Å²) in [7, 11) is 4.53. The van der Waals surface area contributed by atoms with Crippen LogP contribution in [0.2, 0.25) is 0 Å². The van der Waals surface area contributed by atoms with Crippen molar-refractivity contribution in [2.24, 2.45) is 22.7 Å². The number of carbonyl (C=O) groups is 3. The molecule has 11 nitrogen and oxygen atoms in total.